The van der Waals surface area contributed by atoms with Crippen molar-refractivity contribution in [2.45, 2.75) is 89.0 Å². The molecule has 0 aromatic heterocycles. The molecule has 2 saturated heterocycles. The second-order valence-corrected chi connectivity index (χ2v) is 8.15. The van der Waals surface area contributed by atoms with Crippen molar-refractivity contribution >= 4 is 11.9 Å². The predicted molar refractivity (Wildman–Crippen MR) is 91.1 cm³/mol. The van der Waals surface area contributed by atoms with E-state index in [0.717, 1.165) is 0 Å². The maximum atomic E-state index is 11.9. The van der Waals surface area contributed by atoms with Crippen molar-refractivity contribution in [2.75, 3.05) is 13.2 Å². The number of carboxylic acids is 2. The van der Waals surface area contributed by atoms with Crippen LogP contribution in [0, 0.1) is 0 Å². The van der Waals surface area contributed by atoms with Crippen molar-refractivity contribution in [2.24, 2.45) is 0 Å². The molecule has 2 heterocycles. The Balaban J connectivity index is 2.40. The van der Waals surface area contributed by atoms with Crippen LogP contribution in [0.3, 0.4) is 0 Å². The zero-order valence-electron chi connectivity index (χ0n) is 15.9. The van der Waals surface area contributed by atoms with E-state index in [1.165, 1.54) is 0 Å². The molecule has 26 heavy (non-hydrogen) atoms. The van der Waals surface area contributed by atoms with Crippen molar-refractivity contribution in [3.05, 3.63) is 0 Å². The molecule has 0 amide bonds. The zero-order valence-corrected chi connectivity index (χ0v) is 15.9. The summed E-state index contributed by atoms with van der Waals surface area (Å²) >= 11 is 0. The zero-order chi connectivity index (χ0) is 19.5. The van der Waals surface area contributed by atoms with Crippen LogP contribution in [0.25, 0.3) is 0 Å². The van der Waals surface area contributed by atoms with Crippen LogP contribution in [0.5, 0.6) is 0 Å². The van der Waals surface area contributed by atoms with Crippen molar-refractivity contribution in [1.29, 1.82) is 0 Å². The van der Waals surface area contributed by atoms with Gasteiger partial charge in [0, 0.05) is 13.2 Å². The average Bonchev–Trinajstić information content (AvgIpc) is 2.47. The standard InChI is InChI=1S/C18H30O8/c1-17(2)7-6-10-24-13(15(19)20)12(25-17)11-14(16(21)22)26-18(3,4)8-5-9-23-11/h11-14H,5-10H2,1-4H3,(H,19,20)(H,21,22)/t11-,12+,13-,14+/m0/s1. The molecule has 8 heteroatoms. The van der Waals surface area contributed by atoms with Gasteiger partial charge in [-0.05, 0) is 53.4 Å². The molecule has 2 rings (SSSR count). The molecule has 2 fully saturated rings. The Morgan fingerprint density at radius 2 is 1.27 bits per heavy atom. The highest BCUT2D eigenvalue weighted by atomic mass is 16.6. The van der Waals surface area contributed by atoms with Gasteiger partial charge in [0.2, 0.25) is 0 Å². The van der Waals surface area contributed by atoms with Crippen LogP contribution in [0.15, 0.2) is 0 Å². The van der Waals surface area contributed by atoms with Crippen LogP contribution in [0.4, 0.5) is 0 Å². The summed E-state index contributed by atoms with van der Waals surface area (Å²) in [5, 5.41) is 19.4. The fraction of sp³-hybridized carbons (Fsp3) is 0.889. The van der Waals surface area contributed by atoms with E-state index in [1.807, 2.05) is 27.7 Å². The number of carboxylic acid groups (broad SMARTS) is 2. The highest BCUT2D eigenvalue weighted by Gasteiger charge is 2.49. The largest absolute Gasteiger partial charge is 0.479 e. The monoisotopic (exact) mass is 374 g/mol. The van der Waals surface area contributed by atoms with Crippen LogP contribution in [-0.4, -0.2) is 71.0 Å². The maximum absolute atomic E-state index is 11.9. The highest BCUT2D eigenvalue weighted by Crippen LogP contribution is 2.32. The van der Waals surface area contributed by atoms with E-state index in [4.69, 9.17) is 18.9 Å². The first-order valence-electron chi connectivity index (χ1n) is 9.07. The van der Waals surface area contributed by atoms with E-state index >= 15 is 0 Å². The van der Waals surface area contributed by atoms with Crippen LogP contribution in [0.2, 0.25) is 0 Å². The fourth-order valence-corrected chi connectivity index (χ4v) is 3.48. The molecule has 2 N–H and O–H groups in total. The minimum Gasteiger partial charge on any atom is -0.479 e. The Hall–Kier alpha value is -1.22. The van der Waals surface area contributed by atoms with Gasteiger partial charge in [0.1, 0.15) is 12.2 Å². The first-order chi connectivity index (χ1) is 12.0. The van der Waals surface area contributed by atoms with Crippen LogP contribution >= 0.6 is 0 Å². The van der Waals surface area contributed by atoms with Crippen LogP contribution in [0.1, 0.15) is 53.4 Å². The lowest BCUT2D eigenvalue weighted by Gasteiger charge is -2.43. The molecule has 0 aromatic rings. The summed E-state index contributed by atoms with van der Waals surface area (Å²) in [4.78, 5) is 23.7. The molecule has 2 aliphatic rings. The van der Waals surface area contributed by atoms with Gasteiger partial charge < -0.3 is 29.2 Å². The molecule has 0 unspecified atom stereocenters. The number of hydrogen-bond acceptors (Lipinski definition) is 6. The van der Waals surface area contributed by atoms with E-state index in [-0.39, 0.29) is 6.61 Å². The molecular weight excluding hydrogens is 344 g/mol. The molecule has 150 valence electrons. The topological polar surface area (TPSA) is 112 Å². The summed E-state index contributed by atoms with van der Waals surface area (Å²) in [6.07, 6.45) is -2.25. The summed E-state index contributed by atoms with van der Waals surface area (Å²) in [6.45, 7) is 7.91. The molecule has 0 spiro atoms. The van der Waals surface area contributed by atoms with E-state index in [2.05, 4.69) is 0 Å². The van der Waals surface area contributed by atoms with E-state index < -0.39 is 47.6 Å². The van der Waals surface area contributed by atoms with Crippen molar-refractivity contribution in [3.63, 3.8) is 0 Å². The molecule has 0 saturated carbocycles. The fourth-order valence-electron chi connectivity index (χ4n) is 3.48. The highest BCUT2D eigenvalue weighted by molar-refractivity contribution is 5.75. The van der Waals surface area contributed by atoms with Crippen LogP contribution < -0.4 is 0 Å². The summed E-state index contributed by atoms with van der Waals surface area (Å²) in [6, 6.07) is 0. The third-order valence-corrected chi connectivity index (χ3v) is 4.76. The van der Waals surface area contributed by atoms with Crippen molar-refractivity contribution in [3.8, 4) is 0 Å². The number of carbonyl (C=O) groups is 2. The lowest BCUT2D eigenvalue weighted by atomic mass is 9.95. The molecule has 2 aliphatic heterocycles. The normalized spacial score (nSPS) is 35.4. The summed E-state index contributed by atoms with van der Waals surface area (Å²) < 4.78 is 23.2. The van der Waals surface area contributed by atoms with Gasteiger partial charge in [-0.1, -0.05) is 0 Å². The second-order valence-electron chi connectivity index (χ2n) is 8.15. The minimum atomic E-state index is -1.35. The van der Waals surface area contributed by atoms with Crippen molar-refractivity contribution < 1.29 is 38.7 Å². The maximum Gasteiger partial charge on any atom is 0.335 e. The average molecular weight is 374 g/mol. The Labute approximate surface area is 153 Å². The van der Waals surface area contributed by atoms with Gasteiger partial charge in [0.15, 0.2) is 12.2 Å². The molecule has 8 nitrogen and oxygen atoms in total. The Morgan fingerprint density at radius 3 is 1.81 bits per heavy atom. The van der Waals surface area contributed by atoms with Crippen molar-refractivity contribution in [1.82, 2.24) is 0 Å². The second kappa shape index (κ2) is 8.21. The third kappa shape index (κ3) is 5.39. The lowest BCUT2D eigenvalue weighted by Crippen LogP contribution is -2.59. The summed E-state index contributed by atoms with van der Waals surface area (Å²) in [5.74, 6) is -2.42. The van der Waals surface area contributed by atoms with Gasteiger partial charge in [0.05, 0.1) is 11.2 Å². The van der Waals surface area contributed by atoms with Gasteiger partial charge in [-0.15, -0.1) is 0 Å². The number of aliphatic carboxylic acids is 2. The predicted octanol–water partition coefficient (Wildman–Crippen LogP) is 1.84. The molecule has 0 aliphatic carbocycles. The smallest absolute Gasteiger partial charge is 0.335 e. The lowest BCUT2D eigenvalue weighted by molar-refractivity contribution is -0.245. The third-order valence-electron chi connectivity index (χ3n) is 4.76. The van der Waals surface area contributed by atoms with Crippen LogP contribution in [-0.2, 0) is 28.5 Å². The van der Waals surface area contributed by atoms with Gasteiger partial charge in [-0.3, -0.25) is 0 Å². The van der Waals surface area contributed by atoms with Gasteiger partial charge in [0.25, 0.3) is 0 Å². The molecule has 0 aromatic carbocycles. The Kier molecular flexibility index (Phi) is 6.65. The van der Waals surface area contributed by atoms with E-state index in [0.29, 0.717) is 32.3 Å². The first kappa shape index (κ1) is 21.1. The molecule has 0 radical (unpaired) electrons. The van der Waals surface area contributed by atoms with E-state index in [9.17, 15) is 19.8 Å². The number of hydrogen-bond donors (Lipinski definition) is 2. The van der Waals surface area contributed by atoms with Gasteiger partial charge >= 0.3 is 11.9 Å². The Bertz CT molecular complexity index is 515. The SMILES string of the molecule is CC1(C)CCCO[C@H](C(=O)O)[C@@H]([C@@H]2OCCCC(C)(C)O[C@H]2C(=O)O)O1. The minimum absolute atomic E-state index is 0.261. The van der Waals surface area contributed by atoms with E-state index in [1.54, 1.807) is 0 Å². The quantitative estimate of drug-likeness (QED) is 0.770. The first-order valence-corrected chi connectivity index (χ1v) is 9.07. The molecular formula is C18H30O8. The number of rotatable bonds is 3. The molecule has 0 bridgehead atoms. The Morgan fingerprint density at radius 1 is 0.769 bits per heavy atom. The van der Waals surface area contributed by atoms with Gasteiger partial charge in [-0.25, -0.2) is 9.59 Å². The summed E-state index contributed by atoms with van der Waals surface area (Å²) in [5.41, 5.74) is -1.30. The molecule has 4 atom stereocenters. The van der Waals surface area contributed by atoms with Gasteiger partial charge in [-0.2, -0.15) is 0 Å². The number of ether oxygens (including phenoxy) is 4. The summed E-state index contributed by atoms with van der Waals surface area (Å²) in [7, 11) is 0.